The van der Waals surface area contributed by atoms with Gasteiger partial charge in [-0.1, -0.05) is 12.1 Å². The number of aliphatic hydroxyl groups is 1. The van der Waals surface area contributed by atoms with Gasteiger partial charge < -0.3 is 15.3 Å². The molecule has 0 radical (unpaired) electrons. The van der Waals surface area contributed by atoms with Crippen LogP contribution in [0.15, 0.2) is 24.3 Å². The van der Waals surface area contributed by atoms with Crippen molar-refractivity contribution >= 4 is 11.6 Å². The highest BCUT2D eigenvalue weighted by atomic mass is 16.3. The van der Waals surface area contributed by atoms with Gasteiger partial charge >= 0.3 is 0 Å². The molecule has 0 saturated carbocycles. The van der Waals surface area contributed by atoms with E-state index in [-0.39, 0.29) is 18.6 Å². The maximum Gasteiger partial charge on any atom is 0.244 e. The number of carbonyl (C=O) groups excluding carboxylic acids is 1. The molecule has 5 heteroatoms. The van der Waals surface area contributed by atoms with Crippen LogP contribution in [0.5, 0.6) is 0 Å². The third-order valence-corrected chi connectivity index (χ3v) is 3.25. The summed E-state index contributed by atoms with van der Waals surface area (Å²) in [4.78, 5) is 14.1. The van der Waals surface area contributed by atoms with Crippen LogP contribution in [0.1, 0.15) is 18.4 Å². The van der Waals surface area contributed by atoms with Crippen LogP contribution >= 0.6 is 0 Å². The van der Waals surface area contributed by atoms with Gasteiger partial charge in [0.05, 0.1) is 17.3 Å². The molecule has 1 heterocycles. The Labute approximate surface area is 112 Å². The first kappa shape index (κ1) is 13.5. The summed E-state index contributed by atoms with van der Waals surface area (Å²) in [5, 5.41) is 21.3. The molecule has 2 rings (SSSR count). The Kier molecular flexibility index (Phi) is 4.50. The average molecular weight is 259 g/mol. The lowest BCUT2D eigenvalue weighted by molar-refractivity contribution is -0.120. The first-order valence-corrected chi connectivity index (χ1v) is 6.42. The SMILES string of the molecule is N#Cc1ccccc1N1CCCNC(CCO)C1=O. The first-order valence-electron chi connectivity index (χ1n) is 6.42. The summed E-state index contributed by atoms with van der Waals surface area (Å²) in [7, 11) is 0. The summed E-state index contributed by atoms with van der Waals surface area (Å²) >= 11 is 0. The Balaban J connectivity index is 2.31. The van der Waals surface area contributed by atoms with E-state index in [0.29, 0.717) is 24.2 Å². The predicted molar refractivity (Wildman–Crippen MR) is 71.6 cm³/mol. The van der Waals surface area contributed by atoms with Crippen molar-refractivity contribution in [2.45, 2.75) is 18.9 Å². The molecule has 0 bridgehead atoms. The zero-order valence-electron chi connectivity index (χ0n) is 10.7. The Morgan fingerprint density at radius 2 is 2.26 bits per heavy atom. The molecule has 1 saturated heterocycles. The van der Waals surface area contributed by atoms with E-state index in [0.717, 1.165) is 13.0 Å². The van der Waals surface area contributed by atoms with E-state index in [1.54, 1.807) is 23.1 Å². The van der Waals surface area contributed by atoms with Gasteiger partial charge in [-0.15, -0.1) is 0 Å². The van der Waals surface area contributed by atoms with Gasteiger partial charge in [0.2, 0.25) is 5.91 Å². The van der Waals surface area contributed by atoms with Crippen molar-refractivity contribution in [1.29, 1.82) is 5.26 Å². The second-order valence-corrected chi connectivity index (χ2v) is 4.49. The summed E-state index contributed by atoms with van der Waals surface area (Å²) in [6.45, 7) is 1.30. The van der Waals surface area contributed by atoms with Crippen molar-refractivity contribution in [2.24, 2.45) is 0 Å². The number of para-hydroxylation sites is 1. The fourth-order valence-corrected chi connectivity index (χ4v) is 2.30. The van der Waals surface area contributed by atoms with E-state index in [4.69, 9.17) is 10.4 Å². The van der Waals surface area contributed by atoms with E-state index in [2.05, 4.69) is 11.4 Å². The third-order valence-electron chi connectivity index (χ3n) is 3.25. The predicted octanol–water partition coefficient (Wildman–Crippen LogP) is 0.636. The highest BCUT2D eigenvalue weighted by Crippen LogP contribution is 2.22. The van der Waals surface area contributed by atoms with Crippen molar-refractivity contribution in [1.82, 2.24) is 5.32 Å². The summed E-state index contributed by atoms with van der Waals surface area (Å²) < 4.78 is 0. The summed E-state index contributed by atoms with van der Waals surface area (Å²) in [5.74, 6) is -0.0748. The monoisotopic (exact) mass is 259 g/mol. The third kappa shape index (κ3) is 2.92. The van der Waals surface area contributed by atoms with Gasteiger partial charge in [-0.2, -0.15) is 5.26 Å². The molecule has 1 aromatic rings. The van der Waals surface area contributed by atoms with Gasteiger partial charge in [-0.05, 0) is 31.5 Å². The van der Waals surface area contributed by atoms with Crippen LogP contribution in [0.2, 0.25) is 0 Å². The Morgan fingerprint density at radius 3 is 3.00 bits per heavy atom. The number of hydrogen-bond donors (Lipinski definition) is 2. The fraction of sp³-hybridized carbons (Fsp3) is 0.429. The summed E-state index contributed by atoms with van der Waals surface area (Å²) in [6, 6.07) is 8.85. The molecule has 0 aromatic heterocycles. The van der Waals surface area contributed by atoms with E-state index in [1.165, 1.54) is 0 Å². The molecule has 1 aliphatic rings. The lowest BCUT2D eigenvalue weighted by Gasteiger charge is -2.24. The zero-order chi connectivity index (χ0) is 13.7. The second kappa shape index (κ2) is 6.32. The first-order chi connectivity index (χ1) is 9.27. The van der Waals surface area contributed by atoms with Crippen LogP contribution in [0.3, 0.4) is 0 Å². The number of hydrogen-bond acceptors (Lipinski definition) is 4. The summed E-state index contributed by atoms with van der Waals surface area (Å²) in [6.07, 6.45) is 1.22. The molecular formula is C14H17N3O2. The minimum absolute atomic E-state index is 0.0306. The van der Waals surface area contributed by atoms with Crippen molar-refractivity contribution in [2.75, 3.05) is 24.6 Å². The van der Waals surface area contributed by atoms with Crippen LogP contribution in [0.4, 0.5) is 5.69 Å². The van der Waals surface area contributed by atoms with Crippen molar-refractivity contribution < 1.29 is 9.90 Å². The van der Waals surface area contributed by atoms with Gasteiger partial charge in [0.15, 0.2) is 0 Å². The Hall–Kier alpha value is -1.90. The van der Waals surface area contributed by atoms with Crippen LogP contribution in [0, 0.1) is 11.3 Å². The smallest absolute Gasteiger partial charge is 0.244 e. The molecule has 100 valence electrons. The summed E-state index contributed by atoms with van der Waals surface area (Å²) in [5.41, 5.74) is 1.15. The van der Waals surface area contributed by atoms with Crippen molar-refractivity contribution in [3.63, 3.8) is 0 Å². The molecule has 0 aliphatic carbocycles. The van der Waals surface area contributed by atoms with Gasteiger partial charge in [0.1, 0.15) is 6.07 Å². The van der Waals surface area contributed by atoms with E-state index < -0.39 is 0 Å². The standard InChI is InChI=1S/C14H17N3O2/c15-10-11-4-1-2-5-13(11)17-8-3-7-16-12(6-9-18)14(17)19/h1-2,4-5,12,16,18H,3,6-9H2. The molecule has 1 amide bonds. The maximum absolute atomic E-state index is 12.4. The molecule has 1 aromatic carbocycles. The number of nitriles is 1. The topological polar surface area (TPSA) is 76.4 Å². The Morgan fingerprint density at radius 1 is 1.47 bits per heavy atom. The van der Waals surface area contributed by atoms with Crippen molar-refractivity contribution in [3.05, 3.63) is 29.8 Å². The van der Waals surface area contributed by atoms with Gasteiger partial charge in [0, 0.05) is 13.2 Å². The van der Waals surface area contributed by atoms with Gasteiger partial charge in [-0.3, -0.25) is 4.79 Å². The van der Waals surface area contributed by atoms with Gasteiger partial charge in [0.25, 0.3) is 0 Å². The highest BCUT2D eigenvalue weighted by Gasteiger charge is 2.28. The number of anilines is 1. The van der Waals surface area contributed by atoms with E-state index >= 15 is 0 Å². The number of aliphatic hydroxyl groups excluding tert-OH is 1. The minimum Gasteiger partial charge on any atom is -0.396 e. The Bertz CT molecular complexity index is 496. The second-order valence-electron chi connectivity index (χ2n) is 4.49. The number of nitrogens with zero attached hydrogens (tertiary/aromatic N) is 2. The molecular weight excluding hydrogens is 242 g/mol. The minimum atomic E-state index is -0.376. The lowest BCUT2D eigenvalue weighted by atomic mass is 10.1. The molecule has 1 atom stereocenters. The molecule has 1 fully saturated rings. The number of benzene rings is 1. The van der Waals surface area contributed by atoms with Crippen LogP contribution in [0.25, 0.3) is 0 Å². The molecule has 0 spiro atoms. The highest BCUT2D eigenvalue weighted by molar-refractivity contribution is 5.98. The van der Waals surface area contributed by atoms with Crippen LogP contribution in [-0.2, 0) is 4.79 Å². The quantitative estimate of drug-likeness (QED) is 0.835. The number of rotatable bonds is 3. The molecule has 1 unspecified atom stereocenters. The van der Waals surface area contributed by atoms with E-state index in [9.17, 15) is 4.79 Å². The molecule has 19 heavy (non-hydrogen) atoms. The van der Waals surface area contributed by atoms with Crippen LogP contribution in [-0.4, -0.2) is 36.8 Å². The van der Waals surface area contributed by atoms with Crippen LogP contribution < -0.4 is 10.2 Å². The maximum atomic E-state index is 12.4. The lowest BCUT2D eigenvalue weighted by Crippen LogP contribution is -2.44. The van der Waals surface area contributed by atoms with E-state index in [1.807, 2.05) is 6.07 Å². The average Bonchev–Trinajstić information content (AvgIpc) is 2.62. The molecule has 5 nitrogen and oxygen atoms in total. The zero-order valence-corrected chi connectivity index (χ0v) is 10.7. The largest absolute Gasteiger partial charge is 0.396 e. The molecule has 1 aliphatic heterocycles. The number of carbonyl (C=O) groups is 1. The normalized spacial score (nSPS) is 19.9. The molecule has 2 N–H and O–H groups in total. The number of nitrogens with one attached hydrogen (secondary N) is 1. The fourth-order valence-electron chi connectivity index (χ4n) is 2.30. The number of amides is 1. The van der Waals surface area contributed by atoms with Gasteiger partial charge in [-0.25, -0.2) is 0 Å². The van der Waals surface area contributed by atoms with Crippen molar-refractivity contribution in [3.8, 4) is 6.07 Å².